The van der Waals surface area contributed by atoms with Crippen molar-refractivity contribution in [3.05, 3.63) is 29.8 Å². The first-order chi connectivity index (χ1) is 8.29. The normalized spacial score (nSPS) is 20.8. The molecule has 2 rings (SSSR count). The predicted octanol–water partition coefficient (Wildman–Crippen LogP) is 0.874. The Hall–Kier alpha value is -1.57. The number of piperazine rings is 1. The smallest absolute Gasteiger partial charge is 0.0992 e. The maximum atomic E-state index is 8.83. The van der Waals surface area contributed by atoms with Gasteiger partial charge in [0.1, 0.15) is 0 Å². The highest BCUT2D eigenvalue weighted by molar-refractivity contribution is 5.49. The van der Waals surface area contributed by atoms with Crippen molar-refractivity contribution in [3.8, 4) is 6.07 Å². The summed E-state index contributed by atoms with van der Waals surface area (Å²) in [5, 5.41) is 15.6. The average Bonchev–Trinajstić information content (AvgIpc) is 2.38. The van der Waals surface area contributed by atoms with Crippen molar-refractivity contribution in [1.29, 1.82) is 5.26 Å². The lowest BCUT2D eigenvalue weighted by Gasteiger charge is -2.33. The fourth-order valence-electron chi connectivity index (χ4n) is 2.02. The van der Waals surface area contributed by atoms with E-state index in [1.807, 2.05) is 24.3 Å². The molecule has 1 atom stereocenters. The maximum absolute atomic E-state index is 8.83. The van der Waals surface area contributed by atoms with Crippen LogP contribution in [0.5, 0.6) is 0 Å². The third-order valence-corrected chi connectivity index (χ3v) is 3.18. The number of nitrogens with one attached hydrogen (secondary N) is 2. The topological polar surface area (TPSA) is 51.1 Å². The molecule has 1 aliphatic rings. The number of benzene rings is 1. The van der Waals surface area contributed by atoms with E-state index >= 15 is 0 Å². The van der Waals surface area contributed by atoms with Crippen molar-refractivity contribution in [2.75, 3.05) is 38.5 Å². The lowest BCUT2D eigenvalue weighted by atomic mass is 10.2. The van der Waals surface area contributed by atoms with Gasteiger partial charge in [-0.05, 0) is 25.2 Å². The van der Waals surface area contributed by atoms with Crippen molar-refractivity contribution in [3.63, 3.8) is 0 Å². The minimum atomic E-state index is 0.509. The molecule has 0 aliphatic carbocycles. The first kappa shape index (κ1) is 11.9. The van der Waals surface area contributed by atoms with Gasteiger partial charge in [0.25, 0.3) is 0 Å². The van der Waals surface area contributed by atoms with Crippen molar-refractivity contribution >= 4 is 5.69 Å². The van der Waals surface area contributed by atoms with Gasteiger partial charge in [-0.25, -0.2) is 0 Å². The molecule has 0 saturated carbocycles. The number of nitrogens with zero attached hydrogens (tertiary/aromatic N) is 2. The van der Waals surface area contributed by atoms with E-state index in [-0.39, 0.29) is 0 Å². The molecular weight excluding hydrogens is 212 g/mol. The van der Waals surface area contributed by atoms with Crippen LogP contribution in [0, 0.1) is 11.3 Å². The Bertz CT molecular complexity index is 410. The van der Waals surface area contributed by atoms with Crippen molar-refractivity contribution in [2.24, 2.45) is 0 Å². The SMILES string of the molecule is CN1CCNCC1CNc1cccc(C#N)c1. The van der Waals surface area contributed by atoms with Crippen LogP contribution in [-0.4, -0.2) is 44.2 Å². The van der Waals surface area contributed by atoms with E-state index in [0.29, 0.717) is 11.6 Å². The summed E-state index contributed by atoms with van der Waals surface area (Å²) in [6.45, 7) is 4.07. The van der Waals surface area contributed by atoms with E-state index < -0.39 is 0 Å². The molecule has 0 spiro atoms. The Balaban J connectivity index is 1.90. The monoisotopic (exact) mass is 230 g/mol. The van der Waals surface area contributed by atoms with E-state index in [0.717, 1.165) is 31.9 Å². The van der Waals surface area contributed by atoms with Gasteiger partial charge in [0.15, 0.2) is 0 Å². The molecule has 0 radical (unpaired) electrons. The van der Waals surface area contributed by atoms with E-state index in [9.17, 15) is 0 Å². The highest BCUT2D eigenvalue weighted by atomic mass is 15.2. The Morgan fingerprint density at radius 2 is 2.47 bits per heavy atom. The number of nitriles is 1. The number of anilines is 1. The van der Waals surface area contributed by atoms with Gasteiger partial charge in [0.05, 0.1) is 11.6 Å². The average molecular weight is 230 g/mol. The zero-order chi connectivity index (χ0) is 12.1. The Kier molecular flexibility index (Phi) is 3.97. The highest BCUT2D eigenvalue weighted by Crippen LogP contribution is 2.10. The molecule has 1 heterocycles. The maximum Gasteiger partial charge on any atom is 0.0992 e. The quantitative estimate of drug-likeness (QED) is 0.809. The second-order valence-corrected chi connectivity index (χ2v) is 4.41. The molecule has 1 fully saturated rings. The van der Waals surface area contributed by atoms with Gasteiger partial charge in [0.2, 0.25) is 0 Å². The van der Waals surface area contributed by atoms with Crippen LogP contribution in [0.15, 0.2) is 24.3 Å². The molecule has 17 heavy (non-hydrogen) atoms. The third kappa shape index (κ3) is 3.19. The third-order valence-electron chi connectivity index (χ3n) is 3.18. The summed E-state index contributed by atoms with van der Waals surface area (Å²) in [6.07, 6.45) is 0. The molecule has 1 aromatic rings. The molecule has 1 aliphatic heterocycles. The van der Waals surface area contributed by atoms with Crippen LogP contribution in [0.2, 0.25) is 0 Å². The van der Waals surface area contributed by atoms with Crippen LogP contribution in [0.25, 0.3) is 0 Å². The molecule has 1 unspecified atom stereocenters. The van der Waals surface area contributed by atoms with Gasteiger partial charge in [-0.1, -0.05) is 6.07 Å². The van der Waals surface area contributed by atoms with Crippen LogP contribution in [0.1, 0.15) is 5.56 Å². The van der Waals surface area contributed by atoms with Crippen LogP contribution in [0.3, 0.4) is 0 Å². The van der Waals surface area contributed by atoms with Crippen LogP contribution >= 0.6 is 0 Å². The second kappa shape index (κ2) is 5.67. The molecular formula is C13H18N4. The summed E-state index contributed by atoms with van der Waals surface area (Å²) in [5.41, 5.74) is 1.72. The molecule has 4 heteroatoms. The first-order valence-electron chi connectivity index (χ1n) is 5.94. The number of rotatable bonds is 3. The Morgan fingerprint density at radius 1 is 1.59 bits per heavy atom. The summed E-state index contributed by atoms with van der Waals surface area (Å²) in [4.78, 5) is 2.36. The summed E-state index contributed by atoms with van der Waals surface area (Å²) < 4.78 is 0. The van der Waals surface area contributed by atoms with Gasteiger partial charge in [0, 0.05) is 37.9 Å². The van der Waals surface area contributed by atoms with E-state index in [4.69, 9.17) is 5.26 Å². The lowest BCUT2D eigenvalue weighted by Crippen LogP contribution is -2.52. The van der Waals surface area contributed by atoms with Gasteiger partial charge in [-0.15, -0.1) is 0 Å². The summed E-state index contributed by atoms with van der Waals surface area (Å²) >= 11 is 0. The summed E-state index contributed by atoms with van der Waals surface area (Å²) in [6, 6.07) is 10.3. The lowest BCUT2D eigenvalue weighted by molar-refractivity contribution is 0.209. The molecule has 1 aromatic carbocycles. The zero-order valence-electron chi connectivity index (χ0n) is 10.1. The highest BCUT2D eigenvalue weighted by Gasteiger charge is 2.17. The van der Waals surface area contributed by atoms with Crippen LogP contribution in [-0.2, 0) is 0 Å². The predicted molar refractivity (Wildman–Crippen MR) is 68.9 cm³/mol. The molecule has 2 N–H and O–H groups in total. The van der Waals surface area contributed by atoms with E-state index in [1.165, 1.54) is 0 Å². The molecule has 0 amide bonds. The zero-order valence-corrected chi connectivity index (χ0v) is 10.1. The Morgan fingerprint density at radius 3 is 3.24 bits per heavy atom. The van der Waals surface area contributed by atoms with E-state index in [1.54, 1.807) is 0 Å². The standard InChI is InChI=1S/C13H18N4/c1-17-6-5-15-9-13(17)10-16-12-4-2-3-11(7-12)8-14/h2-4,7,13,15-16H,5-6,9-10H2,1H3. The van der Waals surface area contributed by atoms with Crippen molar-refractivity contribution in [1.82, 2.24) is 10.2 Å². The summed E-state index contributed by atoms with van der Waals surface area (Å²) in [7, 11) is 2.15. The fraction of sp³-hybridized carbons (Fsp3) is 0.462. The van der Waals surface area contributed by atoms with Gasteiger partial charge in [-0.3, -0.25) is 4.90 Å². The largest absolute Gasteiger partial charge is 0.383 e. The minimum Gasteiger partial charge on any atom is -0.383 e. The Labute approximate surface area is 102 Å². The van der Waals surface area contributed by atoms with Gasteiger partial charge >= 0.3 is 0 Å². The van der Waals surface area contributed by atoms with E-state index in [2.05, 4.69) is 28.7 Å². The van der Waals surface area contributed by atoms with Crippen molar-refractivity contribution < 1.29 is 0 Å². The molecule has 4 nitrogen and oxygen atoms in total. The molecule has 0 aromatic heterocycles. The van der Waals surface area contributed by atoms with Crippen LogP contribution < -0.4 is 10.6 Å². The minimum absolute atomic E-state index is 0.509. The second-order valence-electron chi connectivity index (χ2n) is 4.41. The number of likely N-dealkylation sites (N-methyl/N-ethyl adjacent to an activating group) is 1. The van der Waals surface area contributed by atoms with Crippen molar-refractivity contribution in [2.45, 2.75) is 6.04 Å². The number of hydrogen-bond donors (Lipinski definition) is 2. The van der Waals surface area contributed by atoms with Gasteiger partial charge in [-0.2, -0.15) is 5.26 Å². The molecule has 0 bridgehead atoms. The summed E-state index contributed by atoms with van der Waals surface area (Å²) in [5.74, 6) is 0. The first-order valence-corrected chi connectivity index (χ1v) is 5.94. The van der Waals surface area contributed by atoms with Gasteiger partial charge < -0.3 is 10.6 Å². The molecule has 90 valence electrons. The van der Waals surface area contributed by atoms with Crippen LogP contribution in [0.4, 0.5) is 5.69 Å². The molecule has 1 saturated heterocycles. The number of hydrogen-bond acceptors (Lipinski definition) is 4. The fourth-order valence-corrected chi connectivity index (χ4v) is 2.02.